The minimum absolute atomic E-state index is 0.0151. The minimum atomic E-state index is -0.103. The van der Waals surface area contributed by atoms with Gasteiger partial charge in [-0.2, -0.15) is 0 Å². The molecule has 1 aliphatic rings. The van der Waals surface area contributed by atoms with E-state index in [2.05, 4.69) is 11.4 Å². The van der Waals surface area contributed by atoms with E-state index >= 15 is 0 Å². The van der Waals surface area contributed by atoms with Crippen LogP contribution in [0.4, 0.5) is 0 Å². The summed E-state index contributed by atoms with van der Waals surface area (Å²) in [6.45, 7) is 1.61. The highest BCUT2D eigenvalue weighted by Gasteiger charge is 2.35. The smallest absolute Gasteiger partial charge is 0.310 e. The molecule has 0 aromatic carbocycles. The maximum atomic E-state index is 11.5. The quantitative estimate of drug-likeness (QED) is 0.748. The Morgan fingerprint density at radius 1 is 1.64 bits per heavy atom. The molecule has 0 saturated carbocycles. The molecule has 0 radical (unpaired) electrons. The van der Waals surface area contributed by atoms with Gasteiger partial charge in [0.1, 0.15) is 0 Å². The number of esters is 1. The lowest BCUT2D eigenvalue weighted by Crippen LogP contribution is -2.22. The van der Waals surface area contributed by atoms with Gasteiger partial charge in [0.05, 0.1) is 13.0 Å². The molecule has 1 aliphatic heterocycles. The summed E-state index contributed by atoms with van der Waals surface area (Å²) < 4.78 is 4.79. The summed E-state index contributed by atoms with van der Waals surface area (Å²) >= 11 is 1.70. The molecular formula is C10H13NO2S. The first-order chi connectivity index (χ1) is 6.83. The standard InChI is InChI=1S/C10H13NO2S/c1-13-10(12)8-6-11-5-7(8)9-3-2-4-14-9/h2-4,7-8,11H,5-6H2,1H3/t7-,8-/m1/s1. The lowest BCUT2D eigenvalue weighted by atomic mass is 9.95. The highest BCUT2D eigenvalue weighted by atomic mass is 32.1. The molecule has 0 spiro atoms. The number of nitrogens with one attached hydrogen (secondary N) is 1. The average Bonchev–Trinajstić information content (AvgIpc) is 2.85. The third-order valence-corrected chi connectivity index (χ3v) is 3.63. The monoisotopic (exact) mass is 211 g/mol. The van der Waals surface area contributed by atoms with Gasteiger partial charge in [-0.25, -0.2) is 0 Å². The maximum Gasteiger partial charge on any atom is 0.310 e. The Bertz CT molecular complexity index is 310. The van der Waals surface area contributed by atoms with Crippen molar-refractivity contribution in [1.82, 2.24) is 5.32 Å². The fourth-order valence-corrected chi connectivity index (χ4v) is 2.77. The van der Waals surface area contributed by atoms with Crippen LogP contribution in [0.15, 0.2) is 17.5 Å². The van der Waals surface area contributed by atoms with Crippen LogP contribution in [0.1, 0.15) is 10.8 Å². The van der Waals surface area contributed by atoms with Crippen LogP contribution in [0, 0.1) is 5.92 Å². The van der Waals surface area contributed by atoms with Crippen molar-refractivity contribution < 1.29 is 9.53 Å². The SMILES string of the molecule is COC(=O)[C@@H]1CNC[C@H]1c1cccs1. The first kappa shape index (κ1) is 9.68. The molecule has 2 heterocycles. The lowest BCUT2D eigenvalue weighted by Gasteiger charge is -2.14. The summed E-state index contributed by atoms with van der Waals surface area (Å²) in [5, 5.41) is 5.28. The van der Waals surface area contributed by atoms with Crippen molar-refractivity contribution in [2.45, 2.75) is 5.92 Å². The second-order valence-corrected chi connectivity index (χ2v) is 4.39. The largest absolute Gasteiger partial charge is 0.469 e. The number of ether oxygens (including phenoxy) is 1. The van der Waals surface area contributed by atoms with E-state index in [0.29, 0.717) is 5.92 Å². The zero-order valence-electron chi connectivity index (χ0n) is 8.03. The Balaban J connectivity index is 2.15. The molecule has 4 heteroatoms. The van der Waals surface area contributed by atoms with E-state index in [1.165, 1.54) is 12.0 Å². The summed E-state index contributed by atoms with van der Waals surface area (Å²) in [6, 6.07) is 4.10. The highest BCUT2D eigenvalue weighted by molar-refractivity contribution is 7.10. The second-order valence-electron chi connectivity index (χ2n) is 3.41. The van der Waals surface area contributed by atoms with Gasteiger partial charge < -0.3 is 10.1 Å². The third-order valence-electron chi connectivity index (χ3n) is 2.63. The molecule has 14 heavy (non-hydrogen) atoms. The van der Waals surface area contributed by atoms with Gasteiger partial charge in [-0.15, -0.1) is 11.3 Å². The number of thiophene rings is 1. The number of methoxy groups -OCH3 is 1. The van der Waals surface area contributed by atoms with Crippen LogP contribution in [0.3, 0.4) is 0 Å². The summed E-state index contributed by atoms with van der Waals surface area (Å²) in [5.74, 6) is 0.175. The Hall–Kier alpha value is -0.870. The van der Waals surface area contributed by atoms with Gasteiger partial charge >= 0.3 is 5.97 Å². The van der Waals surface area contributed by atoms with Gasteiger partial charge in [-0.05, 0) is 11.4 Å². The molecule has 0 amide bonds. The molecule has 1 N–H and O–H groups in total. The van der Waals surface area contributed by atoms with Crippen LogP contribution in [0.2, 0.25) is 0 Å². The Labute approximate surface area is 87.1 Å². The van der Waals surface area contributed by atoms with E-state index in [1.54, 1.807) is 11.3 Å². The Kier molecular flexibility index (Phi) is 2.84. The van der Waals surface area contributed by atoms with Gasteiger partial charge in [-0.3, -0.25) is 4.79 Å². The summed E-state index contributed by atoms with van der Waals surface area (Å²) in [6.07, 6.45) is 0. The molecule has 1 aromatic heterocycles. The van der Waals surface area contributed by atoms with Gasteiger partial charge in [0.2, 0.25) is 0 Å². The fourth-order valence-electron chi connectivity index (χ4n) is 1.88. The minimum Gasteiger partial charge on any atom is -0.469 e. The van der Waals surface area contributed by atoms with Crippen LogP contribution in [-0.4, -0.2) is 26.2 Å². The zero-order chi connectivity index (χ0) is 9.97. The van der Waals surface area contributed by atoms with E-state index in [1.807, 2.05) is 11.4 Å². The second kappa shape index (κ2) is 4.11. The first-order valence-electron chi connectivity index (χ1n) is 4.65. The molecule has 76 valence electrons. The zero-order valence-corrected chi connectivity index (χ0v) is 8.84. The predicted octanol–water partition coefficient (Wildman–Crippen LogP) is 1.22. The van der Waals surface area contributed by atoms with Crippen molar-refractivity contribution in [3.63, 3.8) is 0 Å². The third kappa shape index (κ3) is 1.67. The van der Waals surface area contributed by atoms with Gasteiger partial charge in [0.15, 0.2) is 0 Å². The van der Waals surface area contributed by atoms with E-state index in [-0.39, 0.29) is 11.9 Å². The fraction of sp³-hybridized carbons (Fsp3) is 0.500. The number of rotatable bonds is 2. The van der Waals surface area contributed by atoms with Crippen molar-refractivity contribution >= 4 is 17.3 Å². The van der Waals surface area contributed by atoms with E-state index in [4.69, 9.17) is 4.74 Å². The molecule has 1 saturated heterocycles. The highest BCUT2D eigenvalue weighted by Crippen LogP contribution is 2.31. The molecule has 1 aromatic rings. The predicted molar refractivity (Wildman–Crippen MR) is 55.4 cm³/mol. The van der Waals surface area contributed by atoms with Crippen LogP contribution in [0.5, 0.6) is 0 Å². The Morgan fingerprint density at radius 2 is 2.50 bits per heavy atom. The molecule has 0 bridgehead atoms. The molecule has 0 aliphatic carbocycles. The number of carbonyl (C=O) groups excluding carboxylic acids is 1. The lowest BCUT2D eigenvalue weighted by molar-refractivity contribution is -0.145. The normalized spacial score (nSPS) is 26.4. The van der Waals surface area contributed by atoms with Crippen molar-refractivity contribution in [3.8, 4) is 0 Å². The topological polar surface area (TPSA) is 38.3 Å². The summed E-state index contributed by atoms with van der Waals surface area (Å²) in [7, 11) is 1.45. The van der Waals surface area contributed by atoms with Crippen LogP contribution in [0.25, 0.3) is 0 Å². The summed E-state index contributed by atoms with van der Waals surface area (Å²) in [4.78, 5) is 12.7. The van der Waals surface area contributed by atoms with Crippen LogP contribution in [-0.2, 0) is 9.53 Å². The van der Waals surface area contributed by atoms with Crippen molar-refractivity contribution in [1.29, 1.82) is 0 Å². The molecule has 0 unspecified atom stereocenters. The van der Waals surface area contributed by atoms with Gasteiger partial charge in [-0.1, -0.05) is 6.07 Å². The van der Waals surface area contributed by atoms with Gasteiger partial charge in [0, 0.05) is 23.9 Å². The van der Waals surface area contributed by atoms with Crippen molar-refractivity contribution in [2.24, 2.45) is 5.92 Å². The molecular weight excluding hydrogens is 198 g/mol. The van der Waals surface area contributed by atoms with E-state index < -0.39 is 0 Å². The first-order valence-corrected chi connectivity index (χ1v) is 5.53. The Morgan fingerprint density at radius 3 is 3.14 bits per heavy atom. The maximum absolute atomic E-state index is 11.5. The number of carbonyl (C=O) groups is 1. The van der Waals surface area contributed by atoms with Gasteiger partial charge in [0.25, 0.3) is 0 Å². The van der Waals surface area contributed by atoms with E-state index in [0.717, 1.165) is 13.1 Å². The molecule has 2 atom stereocenters. The molecule has 3 nitrogen and oxygen atoms in total. The van der Waals surface area contributed by atoms with E-state index in [9.17, 15) is 4.79 Å². The molecule has 2 rings (SSSR count). The van der Waals surface area contributed by atoms with Crippen molar-refractivity contribution in [2.75, 3.05) is 20.2 Å². The summed E-state index contributed by atoms with van der Waals surface area (Å²) in [5.41, 5.74) is 0. The van der Waals surface area contributed by atoms with Crippen LogP contribution < -0.4 is 5.32 Å². The number of hydrogen-bond donors (Lipinski definition) is 1. The average molecular weight is 211 g/mol. The molecule has 1 fully saturated rings. The number of hydrogen-bond acceptors (Lipinski definition) is 4. The van der Waals surface area contributed by atoms with Crippen molar-refractivity contribution in [3.05, 3.63) is 22.4 Å². The van der Waals surface area contributed by atoms with Crippen LogP contribution >= 0.6 is 11.3 Å².